The van der Waals surface area contributed by atoms with Crippen LogP contribution in [0.3, 0.4) is 0 Å². The van der Waals surface area contributed by atoms with Crippen molar-refractivity contribution in [1.82, 2.24) is 0 Å². The second-order valence-corrected chi connectivity index (χ2v) is 17.0. The zero-order chi connectivity index (χ0) is 42.1. The molecule has 0 N–H and O–H groups in total. The van der Waals surface area contributed by atoms with Crippen LogP contribution in [0.4, 0.5) is 0 Å². The number of hydrogen-bond acceptors (Lipinski definition) is 0. The standard InChI is InChI=1S/C13H24.C13H12.C12H24.C9H12.4C2H6/c2*1-3-7-12(8-4-1)11-13-9-5-2-6-10-13;1-6-12(5)8-10(2)7-11(3,4)9-12;1-7-4-5-8(2)9(3)6-7;4*1-2/h12-13H,1-11H2;1-10H,11H2;10H,6-9H2,1-5H3;4-6H,1-3H3;4*1-2H3/t;;10-,12?;;;;;/m..1...../s1. The Morgan fingerprint density at radius 3 is 1.29 bits per heavy atom. The first-order chi connectivity index (χ1) is 26.5. The molecule has 1 unspecified atom stereocenters. The highest BCUT2D eigenvalue weighted by Crippen LogP contribution is 2.49. The molecule has 0 amide bonds. The molecule has 0 radical (unpaired) electrons. The molecule has 0 aliphatic heterocycles. The molecule has 2 atom stereocenters. The Kier molecular flexibility index (Phi) is 33.6. The lowest BCUT2D eigenvalue weighted by atomic mass is 9.60. The van der Waals surface area contributed by atoms with Gasteiger partial charge in [0.15, 0.2) is 0 Å². The molecule has 0 aromatic heterocycles. The molecule has 3 aliphatic rings. The maximum absolute atomic E-state index is 2.46. The van der Waals surface area contributed by atoms with Crippen molar-refractivity contribution in [3.8, 4) is 0 Å². The molecule has 3 aromatic rings. The van der Waals surface area contributed by atoms with E-state index in [2.05, 4.69) is 134 Å². The van der Waals surface area contributed by atoms with Crippen LogP contribution in [-0.4, -0.2) is 0 Å². The van der Waals surface area contributed by atoms with Crippen LogP contribution in [0.15, 0.2) is 78.9 Å². The fourth-order valence-corrected chi connectivity index (χ4v) is 9.06. The highest BCUT2D eigenvalue weighted by molar-refractivity contribution is 5.29. The summed E-state index contributed by atoms with van der Waals surface area (Å²) in [5.41, 5.74) is 8.06. The van der Waals surface area contributed by atoms with E-state index in [1.807, 2.05) is 55.4 Å². The Bertz CT molecular complexity index is 1170. The first-order valence-corrected chi connectivity index (χ1v) is 23.6. The minimum atomic E-state index is 0.586. The molecule has 6 rings (SSSR count). The second-order valence-electron chi connectivity index (χ2n) is 17.0. The van der Waals surface area contributed by atoms with Gasteiger partial charge in [0.2, 0.25) is 0 Å². The molecule has 3 aliphatic carbocycles. The molecule has 55 heavy (non-hydrogen) atoms. The van der Waals surface area contributed by atoms with Gasteiger partial charge in [-0.3, -0.25) is 0 Å². The van der Waals surface area contributed by atoms with Gasteiger partial charge in [-0.15, -0.1) is 0 Å². The second kappa shape index (κ2) is 33.8. The van der Waals surface area contributed by atoms with E-state index in [1.54, 1.807) is 32.1 Å². The molecule has 0 bridgehead atoms. The van der Waals surface area contributed by atoms with E-state index < -0.39 is 0 Å². The van der Waals surface area contributed by atoms with Gasteiger partial charge in [-0.1, -0.05) is 245 Å². The highest BCUT2D eigenvalue weighted by atomic mass is 14.4. The van der Waals surface area contributed by atoms with E-state index in [1.165, 1.54) is 92.0 Å². The van der Waals surface area contributed by atoms with Crippen molar-refractivity contribution >= 4 is 0 Å². The summed E-state index contributed by atoms with van der Waals surface area (Å²) in [6.45, 7) is 34.5. The third kappa shape index (κ3) is 26.3. The molecule has 316 valence electrons. The molecule has 0 saturated heterocycles. The summed E-state index contributed by atoms with van der Waals surface area (Å²) in [7, 11) is 0. The van der Waals surface area contributed by atoms with Gasteiger partial charge < -0.3 is 0 Å². The number of aryl methyl sites for hydroxylation is 3. The van der Waals surface area contributed by atoms with Crippen molar-refractivity contribution in [1.29, 1.82) is 0 Å². The average Bonchev–Trinajstić information content (AvgIpc) is 3.21. The zero-order valence-corrected chi connectivity index (χ0v) is 40.1. The smallest absolute Gasteiger partial charge is 0.00258 e. The van der Waals surface area contributed by atoms with Crippen molar-refractivity contribution in [2.75, 3.05) is 0 Å². The molecule has 0 nitrogen and oxygen atoms in total. The predicted octanol–water partition coefficient (Wildman–Crippen LogP) is 18.8. The lowest BCUT2D eigenvalue weighted by molar-refractivity contribution is 0.0582. The number of benzene rings is 3. The van der Waals surface area contributed by atoms with Gasteiger partial charge in [-0.2, -0.15) is 0 Å². The summed E-state index contributed by atoms with van der Waals surface area (Å²) in [4.78, 5) is 0. The van der Waals surface area contributed by atoms with Gasteiger partial charge in [0.25, 0.3) is 0 Å². The first-order valence-electron chi connectivity index (χ1n) is 23.6. The van der Waals surface area contributed by atoms with Gasteiger partial charge in [-0.25, -0.2) is 0 Å². The summed E-state index contributed by atoms with van der Waals surface area (Å²) in [5, 5.41) is 0. The van der Waals surface area contributed by atoms with Crippen LogP contribution in [0, 0.1) is 49.4 Å². The molecular formula is C55H96. The van der Waals surface area contributed by atoms with Gasteiger partial charge in [0.05, 0.1) is 0 Å². The third-order valence-electron chi connectivity index (χ3n) is 11.4. The molecule has 0 spiro atoms. The lowest BCUT2D eigenvalue weighted by Crippen LogP contribution is -2.34. The van der Waals surface area contributed by atoms with Crippen LogP contribution < -0.4 is 0 Å². The van der Waals surface area contributed by atoms with Crippen molar-refractivity contribution in [2.45, 2.75) is 214 Å². The largest absolute Gasteiger partial charge is 0.0683 e. The van der Waals surface area contributed by atoms with Crippen LogP contribution >= 0.6 is 0 Å². The molecular weight excluding hydrogens is 661 g/mol. The van der Waals surface area contributed by atoms with E-state index in [0.29, 0.717) is 10.8 Å². The quantitative estimate of drug-likeness (QED) is 0.243. The minimum Gasteiger partial charge on any atom is -0.0683 e. The maximum Gasteiger partial charge on any atom is -0.00258 e. The summed E-state index contributed by atoms with van der Waals surface area (Å²) in [6.07, 6.45) is 23.6. The van der Waals surface area contributed by atoms with Crippen LogP contribution in [0.2, 0.25) is 0 Å². The monoisotopic (exact) mass is 757 g/mol. The van der Waals surface area contributed by atoms with E-state index in [0.717, 1.165) is 24.2 Å². The van der Waals surface area contributed by atoms with Crippen molar-refractivity contribution in [3.05, 3.63) is 107 Å². The highest BCUT2D eigenvalue weighted by Gasteiger charge is 2.38. The Morgan fingerprint density at radius 1 is 0.527 bits per heavy atom. The lowest BCUT2D eigenvalue weighted by Gasteiger charge is -2.45. The zero-order valence-electron chi connectivity index (χ0n) is 40.1. The van der Waals surface area contributed by atoms with Gasteiger partial charge in [-0.05, 0) is 104 Å². The van der Waals surface area contributed by atoms with Crippen LogP contribution in [0.25, 0.3) is 0 Å². The first kappa shape index (κ1) is 54.8. The summed E-state index contributed by atoms with van der Waals surface area (Å²) in [5.74, 6) is 3.17. The van der Waals surface area contributed by atoms with Crippen LogP contribution in [0.5, 0.6) is 0 Å². The Hall–Kier alpha value is -2.34. The van der Waals surface area contributed by atoms with Crippen molar-refractivity contribution in [3.63, 3.8) is 0 Å². The SMILES string of the molecule is C1CCC(CC2CCCCC2)CC1.CC.CC.CC.CC.CCC1(C)C[C@H](C)CC(C)(C)C1.Cc1ccc(C)c(C)c1.c1ccc(Cc2ccccc2)cc1. The minimum absolute atomic E-state index is 0.586. The fraction of sp³-hybridized carbons (Fsp3) is 0.673. The maximum atomic E-state index is 2.46. The van der Waals surface area contributed by atoms with Gasteiger partial charge >= 0.3 is 0 Å². The van der Waals surface area contributed by atoms with Crippen molar-refractivity contribution < 1.29 is 0 Å². The van der Waals surface area contributed by atoms with E-state index in [9.17, 15) is 0 Å². The number of rotatable bonds is 5. The van der Waals surface area contributed by atoms with E-state index in [4.69, 9.17) is 0 Å². The average molecular weight is 757 g/mol. The summed E-state index contributed by atoms with van der Waals surface area (Å²) in [6, 6.07) is 27.6. The van der Waals surface area contributed by atoms with Gasteiger partial charge in [0, 0.05) is 0 Å². The topological polar surface area (TPSA) is 0 Å². The summed E-state index contributed by atoms with van der Waals surface area (Å²) >= 11 is 0. The molecule has 3 saturated carbocycles. The Balaban J connectivity index is 0. The molecule has 0 heterocycles. The Morgan fingerprint density at radius 2 is 0.945 bits per heavy atom. The summed E-state index contributed by atoms with van der Waals surface area (Å²) < 4.78 is 0. The van der Waals surface area contributed by atoms with Gasteiger partial charge in [0.1, 0.15) is 0 Å². The predicted molar refractivity (Wildman–Crippen MR) is 255 cm³/mol. The van der Waals surface area contributed by atoms with E-state index >= 15 is 0 Å². The van der Waals surface area contributed by atoms with Crippen molar-refractivity contribution in [2.24, 2.45) is 28.6 Å². The molecule has 0 heteroatoms. The third-order valence-corrected chi connectivity index (χ3v) is 11.4. The fourth-order valence-electron chi connectivity index (χ4n) is 9.06. The molecule has 3 fully saturated rings. The van der Waals surface area contributed by atoms with E-state index in [-0.39, 0.29) is 0 Å². The Labute approximate surface area is 347 Å². The van der Waals surface area contributed by atoms with Crippen LogP contribution in [-0.2, 0) is 6.42 Å². The number of hydrogen-bond donors (Lipinski definition) is 0. The molecule has 3 aromatic carbocycles. The van der Waals surface area contributed by atoms with Crippen LogP contribution in [0.1, 0.15) is 214 Å². The normalized spacial score (nSPS) is 19.9.